The summed E-state index contributed by atoms with van der Waals surface area (Å²) in [7, 11) is 0. The third kappa shape index (κ3) is 5.15. The molecule has 0 radical (unpaired) electrons. The lowest BCUT2D eigenvalue weighted by atomic mass is 10.0. The first kappa shape index (κ1) is 16.0. The summed E-state index contributed by atoms with van der Waals surface area (Å²) in [6.07, 6.45) is 5.75. The minimum absolute atomic E-state index is 0.162. The Morgan fingerprint density at radius 3 is 2.86 bits per heavy atom. The Morgan fingerprint density at radius 2 is 2.14 bits per heavy atom. The van der Waals surface area contributed by atoms with Gasteiger partial charge in [-0.25, -0.2) is 0 Å². The second-order valence-corrected chi connectivity index (χ2v) is 6.01. The molecule has 114 valence electrons. The maximum atomic E-state index is 8.99. The SMILES string of the molecule is CC1CCCCN1CCCNC(CC#N)c1ccccc1. The predicted octanol–water partition coefficient (Wildman–Crippen LogP) is 3.50. The minimum Gasteiger partial charge on any atom is -0.309 e. The van der Waals surface area contributed by atoms with Crippen molar-refractivity contribution in [2.24, 2.45) is 0 Å². The van der Waals surface area contributed by atoms with Crippen LogP contribution in [0.25, 0.3) is 0 Å². The van der Waals surface area contributed by atoms with Gasteiger partial charge >= 0.3 is 0 Å². The van der Waals surface area contributed by atoms with Gasteiger partial charge in [0.1, 0.15) is 0 Å². The van der Waals surface area contributed by atoms with E-state index in [0.717, 1.165) is 19.0 Å². The summed E-state index contributed by atoms with van der Waals surface area (Å²) >= 11 is 0. The highest BCUT2D eigenvalue weighted by molar-refractivity contribution is 5.19. The minimum atomic E-state index is 0.162. The van der Waals surface area contributed by atoms with Crippen LogP contribution in [0.4, 0.5) is 0 Å². The van der Waals surface area contributed by atoms with Gasteiger partial charge in [-0.3, -0.25) is 0 Å². The number of hydrogen-bond donors (Lipinski definition) is 1. The van der Waals surface area contributed by atoms with Crippen LogP contribution in [-0.2, 0) is 0 Å². The first-order chi connectivity index (χ1) is 10.3. The lowest BCUT2D eigenvalue weighted by molar-refractivity contribution is 0.158. The molecule has 3 heteroatoms. The molecule has 3 nitrogen and oxygen atoms in total. The molecule has 1 aliphatic heterocycles. The monoisotopic (exact) mass is 285 g/mol. The molecule has 0 spiro atoms. The van der Waals surface area contributed by atoms with Crippen molar-refractivity contribution in [1.82, 2.24) is 10.2 Å². The first-order valence-electron chi connectivity index (χ1n) is 8.20. The van der Waals surface area contributed by atoms with Gasteiger partial charge in [0.2, 0.25) is 0 Å². The van der Waals surface area contributed by atoms with Gasteiger partial charge in [-0.2, -0.15) is 5.26 Å². The number of rotatable bonds is 7. The maximum Gasteiger partial charge on any atom is 0.0641 e. The normalized spacial score (nSPS) is 20.9. The number of benzene rings is 1. The lowest BCUT2D eigenvalue weighted by Crippen LogP contribution is -2.39. The number of nitrogens with one attached hydrogen (secondary N) is 1. The molecular weight excluding hydrogens is 258 g/mol. The fourth-order valence-corrected chi connectivity index (χ4v) is 3.13. The van der Waals surface area contributed by atoms with Crippen molar-refractivity contribution in [3.8, 4) is 6.07 Å². The summed E-state index contributed by atoms with van der Waals surface area (Å²) in [6.45, 7) is 5.74. The van der Waals surface area contributed by atoms with Gasteiger partial charge in [-0.1, -0.05) is 36.8 Å². The fourth-order valence-electron chi connectivity index (χ4n) is 3.13. The zero-order chi connectivity index (χ0) is 14.9. The second kappa shape index (κ2) is 8.81. The van der Waals surface area contributed by atoms with Gasteiger partial charge in [-0.15, -0.1) is 0 Å². The van der Waals surface area contributed by atoms with Gasteiger partial charge < -0.3 is 10.2 Å². The molecular formula is C18H27N3. The molecule has 1 aliphatic rings. The van der Waals surface area contributed by atoms with Crippen molar-refractivity contribution in [2.75, 3.05) is 19.6 Å². The van der Waals surface area contributed by atoms with Gasteiger partial charge in [-0.05, 0) is 51.4 Å². The zero-order valence-corrected chi connectivity index (χ0v) is 13.1. The molecule has 2 atom stereocenters. The van der Waals surface area contributed by atoms with Crippen LogP contribution in [-0.4, -0.2) is 30.6 Å². The number of nitriles is 1. The van der Waals surface area contributed by atoms with E-state index in [-0.39, 0.29) is 6.04 Å². The van der Waals surface area contributed by atoms with Crippen molar-refractivity contribution in [3.05, 3.63) is 35.9 Å². The largest absolute Gasteiger partial charge is 0.309 e. The van der Waals surface area contributed by atoms with Crippen molar-refractivity contribution in [1.29, 1.82) is 5.26 Å². The molecule has 1 aromatic rings. The average molecular weight is 285 g/mol. The topological polar surface area (TPSA) is 39.1 Å². The Bertz CT molecular complexity index is 438. The van der Waals surface area contributed by atoms with Crippen molar-refractivity contribution >= 4 is 0 Å². The van der Waals surface area contributed by atoms with Crippen LogP contribution >= 0.6 is 0 Å². The molecule has 1 N–H and O–H groups in total. The van der Waals surface area contributed by atoms with Crippen molar-refractivity contribution < 1.29 is 0 Å². The number of piperidine rings is 1. The van der Waals surface area contributed by atoms with E-state index >= 15 is 0 Å². The van der Waals surface area contributed by atoms with Crippen LogP contribution in [0.2, 0.25) is 0 Å². The van der Waals surface area contributed by atoms with Gasteiger partial charge in [0.25, 0.3) is 0 Å². The van der Waals surface area contributed by atoms with Crippen LogP contribution in [0.1, 0.15) is 50.6 Å². The van der Waals surface area contributed by atoms with Crippen molar-refractivity contribution in [3.63, 3.8) is 0 Å². The second-order valence-electron chi connectivity index (χ2n) is 6.01. The molecule has 0 saturated carbocycles. The average Bonchev–Trinajstić information content (AvgIpc) is 2.53. The summed E-state index contributed by atoms with van der Waals surface area (Å²) in [5.41, 5.74) is 1.21. The Balaban J connectivity index is 1.74. The van der Waals surface area contributed by atoms with Crippen LogP contribution in [0, 0.1) is 11.3 Å². The van der Waals surface area contributed by atoms with Crippen LogP contribution < -0.4 is 5.32 Å². The van der Waals surface area contributed by atoms with Gasteiger partial charge in [0.05, 0.1) is 12.5 Å². The molecule has 0 aromatic heterocycles. The Labute approximate surface area is 129 Å². The summed E-state index contributed by atoms with van der Waals surface area (Å²) in [5, 5.41) is 12.5. The Hall–Kier alpha value is -1.37. The standard InChI is InChI=1S/C18H27N3/c1-16-8-5-6-14-21(16)15-7-13-20-18(11-12-19)17-9-3-2-4-10-17/h2-4,9-10,16,18,20H,5-8,11,13-15H2,1H3. The molecule has 1 fully saturated rings. The van der Waals surface area contributed by atoms with E-state index in [9.17, 15) is 0 Å². The maximum absolute atomic E-state index is 8.99. The molecule has 1 saturated heterocycles. The highest BCUT2D eigenvalue weighted by atomic mass is 15.2. The first-order valence-corrected chi connectivity index (χ1v) is 8.20. The van der Waals surface area contributed by atoms with E-state index < -0.39 is 0 Å². The summed E-state index contributed by atoms with van der Waals surface area (Å²) in [4.78, 5) is 2.60. The molecule has 0 amide bonds. The molecule has 2 rings (SSSR count). The third-order valence-electron chi connectivity index (χ3n) is 4.45. The number of hydrogen-bond acceptors (Lipinski definition) is 3. The molecule has 0 bridgehead atoms. The lowest BCUT2D eigenvalue weighted by Gasteiger charge is -2.33. The predicted molar refractivity (Wildman–Crippen MR) is 86.9 cm³/mol. The van der Waals surface area contributed by atoms with E-state index in [1.165, 1.54) is 37.9 Å². The smallest absolute Gasteiger partial charge is 0.0641 e. The van der Waals surface area contributed by atoms with Crippen LogP contribution in [0.5, 0.6) is 0 Å². The fraction of sp³-hybridized carbons (Fsp3) is 0.611. The third-order valence-corrected chi connectivity index (χ3v) is 4.45. The van der Waals surface area contributed by atoms with E-state index in [4.69, 9.17) is 5.26 Å². The summed E-state index contributed by atoms with van der Waals surface area (Å²) in [6, 6.07) is 13.5. The highest BCUT2D eigenvalue weighted by Gasteiger charge is 2.17. The molecule has 1 heterocycles. The van der Waals surface area contributed by atoms with Crippen molar-refractivity contribution in [2.45, 2.75) is 51.1 Å². The van der Waals surface area contributed by atoms with E-state index in [2.05, 4.69) is 35.3 Å². The summed E-state index contributed by atoms with van der Waals surface area (Å²) in [5.74, 6) is 0. The van der Waals surface area contributed by atoms with E-state index in [0.29, 0.717) is 6.42 Å². The summed E-state index contributed by atoms with van der Waals surface area (Å²) < 4.78 is 0. The van der Waals surface area contributed by atoms with Crippen LogP contribution in [0.15, 0.2) is 30.3 Å². The highest BCUT2D eigenvalue weighted by Crippen LogP contribution is 2.17. The quantitative estimate of drug-likeness (QED) is 0.779. The molecule has 1 aromatic carbocycles. The van der Waals surface area contributed by atoms with E-state index in [1.807, 2.05) is 18.2 Å². The Kier molecular flexibility index (Phi) is 6.72. The number of nitrogens with zero attached hydrogens (tertiary/aromatic N) is 2. The molecule has 0 aliphatic carbocycles. The molecule has 2 unspecified atom stereocenters. The van der Waals surface area contributed by atoms with Gasteiger partial charge in [0, 0.05) is 12.1 Å². The molecule has 21 heavy (non-hydrogen) atoms. The number of likely N-dealkylation sites (tertiary alicyclic amines) is 1. The van der Waals surface area contributed by atoms with E-state index in [1.54, 1.807) is 0 Å². The zero-order valence-electron chi connectivity index (χ0n) is 13.1. The Morgan fingerprint density at radius 1 is 1.33 bits per heavy atom. The van der Waals surface area contributed by atoms with Crippen LogP contribution in [0.3, 0.4) is 0 Å². The van der Waals surface area contributed by atoms with Gasteiger partial charge in [0.15, 0.2) is 0 Å².